The van der Waals surface area contributed by atoms with Gasteiger partial charge in [-0.25, -0.2) is 13.1 Å². The highest BCUT2D eigenvalue weighted by molar-refractivity contribution is 7.89. The second kappa shape index (κ2) is 5.48. The van der Waals surface area contributed by atoms with Crippen molar-refractivity contribution in [2.75, 3.05) is 5.73 Å². The highest BCUT2D eigenvalue weighted by atomic mass is 32.2. The number of anilines is 1. The quantitative estimate of drug-likeness (QED) is 0.726. The number of aliphatic hydroxyl groups excluding tert-OH is 1. The molecule has 0 aliphatic heterocycles. The summed E-state index contributed by atoms with van der Waals surface area (Å²) in [7, 11) is -3.60. The molecule has 1 aliphatic rings. The van der Waals surface area contributed by atoms with Crippen molar-refractivity contribution in [2.45, 2.75) is 49.6 Å². The summed E-state index contributed by atoms with van der Waals surface area (Å²) in [5.41, 5.74) is 6.98. The minimum atomic E-state index is -3.60. The van der Waals surface area contributed by atoms with Crippen LogP contribution in [0.2, 0.25) is 0 Å². The van der Waals surface area contributed by atoms with Crippen LogP contribution in [-0.2, 0) is 10.0 Å². The van der Waals surface area contributed by atoms with E-state index in [1.807, 2.05) is 0 Å². The van der Waals surface area contributed by atoms with Crippen molar-refractivity contribution < 1.29 is 13.5 Å². The molecule has 19 heavy (non-hydrogen) atoms. The number of hydrogen-bond donors (Lipinski definition) is 3. The van der Waals surface area contributed by atoms with Crippen LogP contribution >= 0.6 is 0 Å². The lowest BCUT2D eigenvalue weighted by atomic mass is 9.93. The van der Waals surface area contributed by atoms with Gasteiger partial charge in [0, 0.05) is 11.7 Å². The SMILES string of the molecule is Cc1cc(S(=O)(=O)NC2CCCCC2O)ccc1N. The molecule has 6 heteroatoms. The maximum Gasteiger partial charge on any atom is 0.240 e. The fourth-order valence-corrected chi connectivity index (χ4v) is 3.72. The second-order valence-corrected chi connectivity index (χ2v) is 6.81. The summed E-state index contributed by atoms with van der Waals surface area (Å²) in [6.45, 7) is 1.77. The molecule has 2 unspecified atom stereocenters. The molecule has 1 aromatic rings. The van der Waals surface area contributed by atoms with Gasteiger partial charge in [0.15, 0.2) is 0 Å². The molecule has 1 aromatic carbocycles. The van der Waals surface area contributed by atoms with E-state index >= 15 is 0 Å². The van der Waals surface area contributed by atoms with Gasteiger partial charge in [0.05, 0.1) is 11.0 Å². The number of rotatable bonds is 3. The largest absolute Gasteiger partial charge is 0.399 e. The lowest BCUT2D eigenvalue weighted by Crippen LogP contribution is -2.44. The lowest BCUT2D eigenvalue weighted by molar-refractivity contribution is 0.101. The Morgan fingerprint density at radius 1 is 1.32 bits per heavy atom. The first-order valence-electron chi connectivity index (χ1n) is 6.46. The van der Waals surface area contributed by atoms with Gasteiger partial charge in [0.25, 0.3) is 0 Å². The van der Waals surface area contributed by atoms with Crippen molar-refractivity contribution in [3.63, 3.8) is 0 Å². The third kappa shape index (κ3) is 3.26. The Kier molecular flexibility index (Phi) is 4.13. The fraction of sp³-hybridized carbons (Fsp3) is 0.538. The number of nitrogens with two attached hydrogens (primary N) is 1. The average Bonchev–Trinajstić information content (AvgIpc) is 2.35. The van der Waals surface area contributed by atoms with Crippen molar-refractivity contribution in [1.82, 2.24) is 4.72 Å². The van der Waals surface area contributed by atoms with Gasteiger partial charge >= 0.3 is 0 Å². The predicted octanol–water partition coefficient (Wildman–Crippen LogP) is 1.16. The average molecular weight is 284 g/mol. The van der Waals surface area contributed by atoms with Gasteiger partial charge < -0.3 is 10.8 Å². The van der Waals surface area contributed by atoms with Crippen LogP contribution in [0.4, 0.5) is 5.69 Å². The number of hydrogen-bond acceptors (Lipinski definition) is 4. The molecule has 5 nitrogen and oxygen atoms in total. The van der Waals surface area contributed by atoms with Crippen molar-refractivity contribution in [2.24, 2.45) is 0 Å². The van der Waals surface area contributed by atoms with E-state index in [9.17, 15) is 13.5 Å². The summed E-state index contributed by atoms with van der Waals surface area (Å²) in [6, 6.07) is 4.23. The van der Waals surface area contributed by atoms with Crippen LogP contribution in [0.1, 0.15) is 31.2 Å². The summed E-state index contributed by atoms with van der Waals surface area (Å²) in [5, 5.41) is 9.83. The van der Waals surface area contributed by atoms with Gasteiger partial charge in [-0.1, -0.05) is 12.8 Å². The fourth-order valence-electron chi connectivity index (χ4n) is 2.33. The number of nitrogens with one attached hydrogen (secondary N) is 1. The highest BCUT2D eigenvalue weighted by Gasteiger charge is 2.28. The van der Waals surface area contributed by atoms with Crippen LogP contribution in [0.15, 0.2) is 23.1 Å². The molecule has 106 valence electrons. The highest BCUT2D eigenvalue weighted by Crippen LogP contribution is 2.22. The first-order valence-corrected chi connectivity index (χ1v) is 7.95. The lowest BCUT2D eigenvalue weighted by Gasteiger charge is -2.28. The maximum atomic E-state index is 12.2. The number of sulfonamides is 1. The van der Waals surface area contributed by atoms with Gasteiger partial charge in [-0.2, -0.15) is 0 Å². The Bertz CT molecular complexity index is 557. The maximum absolute atomic E-state index is 12.2. The zero-order chi connectivity index (χ0) is 14.0. The topological polar surface area (TPSA) is 92.4 Å². The number of aryl methyl sites for hydroxylation is 1. The molecule has 0 amide bonds. The second-order valence-electron chi connectivity index (χ2n) is 5.10. The molecule has 0 bridgehead atoms. The molecule has 0 radical (unpaired) electrons. The van der Waals surface area contributed by atoms with Crippen molar-refractivity contribution in [3.8, 4) is 0 Å². The third-order valence-electron chi connectivity index (χ3n) is 3.59. The molecular weight excluding hydrogens is 264 g/mol. The van der Waals surface area contributed by atoms with E-state index in [0.717, 1.165) is 18.4 Å². The molecule has 0 saturated heterocycles. The Hall–Kier alpha value is -1.11. The van der Waals surface area contributed by atoms with Gasteiger partial charge in [0.2, 0.25) is 10.0 Å². The zero-order valence-electron chi connectivity index (χ0n) is 11.0. The van der Waals surface area contributed by atoms with Crippen molar-refractivity contribution >= 4 is 15.7 Å². The summed E-state index contributed by atoms with van der Waals surface area (Å²) < 4.78 is 27.1. The van der Waals surface area contributed by atoms with Gasteiger partial charge in [0.1, 0.15) is 0 Å². The Labute approximate surface area is 113 Å². The van der Waals surface area contributed by atoms with E-state index in [2.05, 4.69) is 4.72 Å². The van der Waals surface area contributed by atoms with Crippen LogP contribution < -0.4 is 10.5 Å². The molecule has 2 atom stereocenters. The van der Waals surface area contributed by atoms with Crippen LogP contribution in [0, 0.1) is 6.92 Å². The van der Waals surface area contributed by atoms with Crippen molar-refractivity contribution in [3.05, 3.63) is 23.8 Å². The molecule has 0 heterocycles. The smallest absolute Gasteiger partial charge is 0.240 e. The van der Waals surface area contributed by atoms with Crippen LogP contribution in [0.5, 0.6) is 0 Å². The molecule has 1 fully saturated rings. The molecule has 1 saturated carbocycles. The minimum absolute atomic E-state index is 0.192. The summed E-state index contributed by atoms with van der Waals surface area (Å²) in [6.07, 6.45) is 2.60. The first kappa shape index (κ1) is 14.3. The minimum Gasteiger partial charge on any atom is -0.399 e. The first-order chi connectivity index (χ1) is 8.90. The number of nitrogen functional groups attached to an aromatic ring is 1. The van der Waals surface area contributed by atoms with Gasteiger partial charge in [-0.05, 0) is 43.5 Å². The molecule has 2 rings (SSSR count). The summed E-state index contributed by atoms with van der Waals surface area (Å²) in [5.74, 6) is 0. The normalized spacial score (nSPS) is 24.3. The Balaban J connectivity index is 2.19. The molecule has 0 aromatic heterocycles. The van der Waals surface area contributed by atoms with Crippen LogP contribution in [-0.4, -0.2) is 25.7 Å². The Morgan fingerprint density at radius 3 is 2.63 bits per heavy atom. The van der Waals surface area contributed by atoms with E-state index in [-0.39, 0.29) is 4.90 Å². The molecule has 1 aliphatic carbocycles. The Morgan fingerprint density at radius 2 is 2.00 bits per heavy atom. The van der Waals surface area contributed by atoms with Crippen LogP contribution in [0.25, 0.3) is 0 Å². The van der Waals surface area contributed by atoms with Gasteiger partial charge in [-0.3, -0.25) is 0 Å². The number of benzene rings is 1. The molecular formula is C13H20N2O3S. The molecule has 4 N–H and O–H groups in total. The number of aliphatic hydroxyl groups is 1. The summed E-state index contributed by atoms with van der Waals surface area (Å²) >= 11 is 0. The van der Waals surface area contributed by atoms with Crippen LogP contribution in [0.3, 0.4) is 0 Å². The van der Waals surface area contributed by atoms with Crippen molar-refractivity contribution in [1.29, 1.82) is 0 Å². The van der Waals surface area contributed by atoms with Gasteiger partial charge in [-0.15, -0.1) is 0 Å². The summed E-state index contributed by atoms with van der Waals surface area (Å²) in [4.78, 5) is 0.192. The predicted molar refractivity (Wildman–Crippen MR) is 74.2 cm³/mol. The zero-order valence-corrected chi connectivity index (χ0v) is 11.8. The van der Waals surface area contributed by atoms with E-state index in [1.165, 1.54) is 6.07 Å². The molecule has 0 spiro atoms. The van der Waals surface area contributed by atoms with E-state index < -0.39 is 22.2 Å². The third-order valence-corrected chi connectivity index (χ3v) is 5.08. The van der Waals surface area contributed by atoms with E-state index in [4.69, 9.17) is 5.73 Å². The standard InChI is InChI=1S/C13H20N2O3S/c1-9-8-10(6-7-11(9)14)19(17,18)15-12-4-2-3-5-13(12)16/h6-8,12-13,15-16H,2-5,14H2,1H3. The van der Waals surface area contributed by atoms with E-state index in [1.54, 1.807) is 19.1 Å². The monoisotopic (exact) mass is 284 g/mol. The van der Waals surface area contributed by atoms with E-state index in [0.29, 0.717) is 18.5 Å².